The van der Waals surface area contributed by atoms with Crippen molar-refractivity contribution < 1.29 is 9.42 Å². The van der Waals surface area contributed by atoms with Gasteiger partial charge < -0.3 is 5.73 Å². The Hall–Kier alpha value is -4.38. The molecule has 3 N–H and O–H groups in total. The summed E-state index contributed by atoms with van der Waals surface area (Å²) in [6.45, 7) is 0. The van der Waals surface area contributed by atoms with Crippen molar-refractivity contribution in [2.45, 2.75) is 0 Å². The van der Waals surface area contributed by atoms with Crippen LogP contribution in [0.15, 0.2) is 69.7 Å². The van der Waals surface area contributed by atoms with E-state index in [1.165, 1.54) is 16.0 Å². The van der Waals surface area contributed by atoms with Gasteiger partial charge in [-0.25, -0.2) is 10.1 Å². The molecule has 11 heteroatoms. The summed E-state index contributed by atoms with van der Waals surface area (Å²) < 4.78 is 5.98. The van der Waals surface area contributed by atoms with Crippen LogP contribution >= 0.6 is 11.3 Å². The number of benzene rings is 2. The number of aromatic nitrogens is 5. The second kappa shape index (κ2) is 7.80. The standard InChI is InChI=1S/C20H14N8O2S/c21-18-19(26-30-25-18)28-17(15-9-4-10-31-15)16(23-27-28)20(29)24-22-11-13-7-3-6-12-5-1-2-8-14(12)13/h1-11H,(H2,21,25)(H,24,29)/b22-11-. The summed E-state index contributed by atoms with van der Waals surface area (Å²) in [5, 5.41) is 23.4. The van der Waals surface area contributed by atoms with Gasteiger partial charge in [-0.05, 0) is 32.5 Å². The number of nitrogens with two attached hydrogens (primary N) is 1. The van der Waals surface area contributed by atoms with Crippen LogP contribution in [0.4, 0.5) is 5.82 Å². The van der Waals surface area contributed by atoms with Gasteiger partial charge in [0.05, 0.1) is 11.1 Å². The lowest BCUT2D eigenvalue weighted by Gasteiger charge is -2.03. The van der Waals surface area contributed by atoms with Crippen LogP contribution in [0.25, 0.3) is 27.2 Å². The molecule has 0 aliphatic carbocycles. The molecular formula is C20H14N8O2S. The van der Waals surface area contributed by atoms with Crippen LogP contribution in [0.3, 0.4) is 0 Å². The van der Waals surface area contributed by atoms with Crippen molar-refractivity contribution in [1.82, 2.24) is 30.7 Å². The minimum atomic E-state index is -0.527. The van der Waals surface area contributed by atoms with E-state index in [2.05, 4.69) is 35.8 Å². The van der Waals surface area contributed by atoms with E-state index in [0.29, 0.717) is 5.69 Å². The quantitative estimate of drug-likeness (QED) is 0.323. The molecule has 0 atom stereocenters. The molecule has 31 heavy (non-hydrogen) atoms. The zero-order valence-electron chi connectivity index (χ0n) is 15.8. The highest BCUT2D eigenvalue weighted by atomic mass is 32.1. The maximum Gasteiger partial charge on any atom is 0.294 e. The number of fused-ring (bicyclic) bond motifs is 1. The van der Waals surface area contributed by atoms with Crippen LogP contribution in [0.1, 0.15) is 16.1 Å². The molecule has 3 heterocycles. The largest absolute Gasteiger partial charge is 0.378 e. The zero-order valence-corrected chi connectivity index (χ0v) is 16.7. The molecular weight excluding hydrogens is 416 g/mol. The topological polar surface area (TPSA) is 137 Å². The summed E-state index contributed by atoms with van der Waals surface area (Å²) in [5.74, 6) is -0.348. The average Bonchev–Trinajstić information content (AvgIpc) is 3.54. The summed E-state index contributed by atoms with van der Waals surface area (Å²) in [5.41, 5.74) is 9.67. The number of carbonyl (C=O) groups is 1. The molecule has 10 nitrogen and oxygen atoms in total. The number of nitrogens with zero attached hydrogens (tertiary/aromatic N) is 6. The van der Waals surface area contributed by atoms with Crippen LogP contribution in [0, 0.1) is 0 Å². The lowest BCUT2D eigenvalue weighted by molar-refractivity contribution is 0.0951. The first kappa shape index (κ1) is 18.6. The summed E-state index contributed by atoms with van der Waals surface area (Å²) in [7, 11) is 0. The van der Waals surface area contributed by atoms with E-state index in [4.69, 9.17) is 5.73 Å². The Morgan fingerprint density at radius 2 is 2.00 bits per heavy atom. The van der Waals surface area contributed by atoms with Crippen molar-refractivity contribution in [1.29, 1.82) is 0 Å². The smallest absolute Gasteiger partial charge is 0.294 e. The van der Waals surface area contributed by atoms with Gasteiger partial charge in [0.25, 0.3) is 5.91 Å². The number of carbonyl (C=O) groups excluding carboxylic acids is 1. The van der Waals surface area contributed by atoms with E-state index in [-0.39, 0.29) is 17.3 Å². The average molecular weight is 430 g/mol. The van der Waals surface area contributed by atoms with E-state index < -0.39 is 5.91 Å². The highest BCUT2D eigenvalue weighted by Crippen LogP contribution is 2.29. The van der Waals surface area contributed by atoms with Gasteiger partial charge in [-0.3, -0.25) is 4.79 Å². The molecule has 0 saturated heterocycles. The van der Waals surface area contributed by atoms with Gasteiger partial charge in [-0.2, -0.15) is 9.78 Å². The van der Waals surface area contributed by atoms with E-state index in [1.54, 1.807) is 6.21 Å². The summed E-state index contributed by atoms with van der Waals surface area (Å²) in [6, 6.07) is 17.5. The van der Waals surface area contributed by atoms with Crippen LogP contribution in [0.5, 0.6) is 0 Å². The molecule has 0 radical (unpaired) electrons. The molecule has 0 saturated carbocycles. The Morgan fingerprint density at radius 3 is 2.81 bits per heavy atom. The first-order valence-corrected chi connectivity index (χ1v) is 9.99. The number of nitrogens with one attached hydrogen (secondary N) is 1. The van der Waals surface area contributed by atoms with Crippen molar-refractivity contribution in [3.8, 4) is 16.4 Å². The monoisotopic (exact) mass is 430 g/mol. The minimum Gasteiger partial charge on any atom is -0.378 e. The van der Waals surface area contributed by atoms with Crippen molar-refractivity contribution in [3.05, 3.63) is 71.2 Å². The van der Waals surface area contributed by atoms with Gasteiger partial charge in [0.15, 0.2) is 5.69 Å². The Balaban J connectivity index is 1.46. The molecule has 5 rings (SSSR count). The van der Waals surface area contributed by atoms with E-state index in [9.17, 15) is 4.79 Å². The molecule has 1 amide bonds. The molecule has 5 aromatic rings. The third kappa shape index (κ3) is 3.42. The van der Waals surface area contributed by atoms with Gasteiger partial charge in [-0.15, -0.1) is 16.4 Å². The Kier molecular flexibility index (Phi) is 4.69. The third-order valence-corrected chi connectivity index (χ3v) is 5.41. The van der Waals surface area contributed by atoms with Crippen molar-refractivity contribution in [2.24, 2.45) is 5.10 Å². The number of amides is 1. The molecule has 0 aliphatic heterocycles. The fraction of sp³-hybridized carbons (Fsp3) is 0. The molecule has 0 unspecified atom stereocenters. The fourth-order valence-corrected chi connectivity index (χ4v) is 3.89. The predicted octanol–water partition coefficient (Wildman–Crippen LogP) is 2.88. The summed E-state index contributed by atoms with van der Waals surface area (Å²) in [6.07, 6.45) is 1.59. The second-order valence-corrected chi connectivity index (χ2v) is 7.36. The Bertz CT molecular complexity index is 1400. The van der Waals surface area contributed by atoms with Gasteiger partial charge in [-0.1, -0.05) is 53.7 Å². The van der Waals surface area contributed by atoms with Crippen LogP contribution in [-0.4, -0.2) is 37.4 Å². The first-order chi connectivity index (χ1) is 15.2. The zero-order chi connectivity index (χ0) is 21.2. The number of nitrogen functional groups attached to an aromatic ring is 1. The SMILES string of the molecule is Nc1nonc1-n1nnc(C(=O)N/N=C\c2cccc3ccccc23)c1-c1cccs1. The highest BCUT2D eigenvalue weighted by molar-refractivity contribution is 7.13. The highest BCUT2D eigenvalue weighted by Gasteiger charge is 2.25. The van der Waals surface area contributed by atoms with Crippen LogP contribution in [-0.2, 0) is 0 Å². The molecule has 0 fully saturated rings. The maximum atomic E-state index is 12.9. The van der Waals surface area contributed by atoms with E-state index >= 15 is 0 Å². The number of rotatable bonds is 5. The number of anilines is 1. The first-order valence-electron chi connectivity index (χ1n) is 9.11. The summed E-state index contributed by atoms with van der Waals surface area (Å²) in [4.78, 5) is 13.6. The van der Waals surface area contributed by atoms with Crippen molar-refractivity contribution in [2.75, 3.05) is 5.73 Å². The van der Waals surface area contributed by atoms with E-state index in [0.717, 1.165) is 21.2 Å². The van der Waals surface area contributed by atoms with Crippen molar-refractivity contribution in [3.63, 3.8) is 0 Å². The molecule has 0 spiro atoms. The van der Waals surface area contributed by atoms with Crippen molar-refractivity contribution >= 4 is 40.0 Å². The molecule has 152 valence electrons. The molecule has 0 aliphatic rings. The lowest BCUT2D eigenvalue weighted by atomic mass is 10.1. The summed E-state index contributed by atoms with van der Waals surface area (Å²) >= 11 is 1.41. The number of hydrogen-bond donors (Lipinski definition) is 2. The Morgan fingerprint density at radius 1 is 1.13 bits per heavy atom. The van der Waals surface area contributed by atoms with Gasteiger partial charge in [0.2, 0.25) is 11.6 Å². The number of hydrazone groups is 1. The molecule has 2 aromatic carbocycles. The fourth-order valence-electron chi connectivity index (χ4n) is 3.13. The lowest BCUT2D eigenvalue weighted by Crippen LogP contribution is -2.19. The Labute approximate surface area is 179 Å². The third-order valence-electron chi connectivity index (χ3n) is 4.53. The molecule has 3 aromatic heterocycles. The van der Waals surface area contributed by atoms with Gasteiger partial charge >= 0.3 is 0 Å². The minimum absolute atomic E-state index is 0.0311. The van der Waals surface area contributed by atoms with Gasteiger partial charge in [0, 0.05) is 5.56 Å². The normalized spacial score (nSPS) is 11.4. The number of hydrogen-bond acceptors (Lipinski definition) is 9. The maximum absolute atomic E-state index is 12.9. The van der Waals surface area contributed by atoms with Crippen LogP contribution in [0.2, 0.25) is 0 Å². The second-order valence-electron chi connectivity index (χ2n) is 6.42. The predicted molar refractivity (Wildman–Crippen MR) is 116 cm³/mol. The molecule has 0 bridgehead atoms. The van der Waals surface area contributed by atoms with Gasteiger partial charge in [0.1, 0.15) is 5.69 Å². The number of thiophene rings is 1. The van der Waals surface area contributed by atoms with E-state index in [1.807, 2.05) is 60.0 Å². The van der Waals surface area contributed by atoms with Crippen LogP contribution < -0.4 is 11.2 Å².